The van der Waals surface area contributed by atoms with Crippen LogP contribution in [0.4, 0.5) is 0 Å². The maximum absolute atomic E-state index is 12.9. The van der Waals surface area contributed by atoms with Gasteiger partial charge in [0.25, 0.3) is 11.8 Å². The highest BCUT2D eigenvalue weighted by Gasteiger charge is 2.54. The van der Waals surface area contributed by atoms with E-state index in [2.05, 4.69) is 10.5 Å². The largest absolute Gasteiger partial charge is 0.477 e. The fourth-order valence-corrected chi connectivity index (χ4v) is 4.71. The molecule has 0 spiro atoms. The molecule has 1 aromatic carbocycles. The van der Waals surface area contributed by atoms with Crippen LogP contribution in [0.3, 0.4) is 0 Å². The number of aliphatic carboxylic acids is 1. The van der Waals surface area contributed by atoms with Gasteiger partial charge in [0.05, 0.1) is 0 Å². The smallest absolute Gasteiger partial charge is 0.352 e. The van der Waals surface area contributed by atoms with Crippen molar-refractivity contribution in [3.8, 4) is 11.3 Å². The molecule has 8 nitrogen and oxygen atoms in total. The van der Waals surface area contributed by atoms with Gasteiger partial charge in [0.2, 0.25) is 0 Å². The van der Waals surface area contributed by atoms with Crippen molar-refractivity contribution in [3.05, 3.63) is 52.9 Å². The van der Waals surface area contributed by atoms with Crippen molar-refractivity contribution in [2.75, 3.05) is 5.75 Å². The molecular weight excluding hydrogens is 382 g/mol. The Kier molecular flexibility index (Phi) is 4.46. The second-order valence-electron chi connectivity index (χ2n) is 6.62. The molecule has 1 saturated heterocycles. The number of carboxylic acid groups (broad SMARTS) is 1. The fourth-order valence-electron chi connectivity index (χ4n) is 3.42. The van der Waals surface area contributed by atoms with Gasteiger partial charge in [-0.3, -0.25) is 14.5 Å². The first-order valence-corrected chi connectivity index (χ1v) is 9.65. The van der Waals surface area contributed by atoms with E-state index >= 15 is 0 Å². The zero-order valence-corrected chi connectivity index (χ0v) is 15.9. The quantitative estimate of drug-likeness (QED) is 0.756. The molecule has 0 bridgehead atoms. The molecule has 4 rings (SSSR count). The fraction of sp³-hybridized carbons (Fsp3) is 0.263. The lowest BCUT2D eigenvalue weighted by Gasteiger charge is -2.49. The number of β-lactam (4-membered cyclic amide) rings is 1. The van der Waals surface area contributed by atoms with E-state index in [4.69, 9.17) is 4.52 Å². The van der Waals surface area contributed by atoms with Gasteiger partial charge in [-0.1, -0.05) is 35.5 Å². The minimum Gasteiger partial charge on any atom is -0.477 e. The average molecular weight is 399 g/mol. The Morgan fingerprint density at radius 2 is 2.00 bits per heavy atom. The monoisotopic (exact) mass is 399 g/mol. The third-order valence-corrected chi connectivity index (χ3v) is 6.21. The van der Waals surface area contributed by atoms with Crippen LogP contribution in [0.1, 0.15) is 23.0 Å². The molecule has 3 heterocycles. The highest BCUT2D eigenvalue weighted by Crippen LogP contribution is 2.40. The summed E-state index contributed by atoms with van der Waals surface area (Å²) >= 11 is 1.43. The van der Waals surface area contributed by atoms with Crippen molar-refractivity contribution in [1.29, 1.82) is 0 Å². The van der Waals surface area contributed by atoms with Crippen molar-refractivity contribution < 1.29 is 24.0 Å². The van der Waals surface area contributed by atoms with Gasteiger partial charge in [-0.05, 0) is 19.4 Å². The topological polar surface area (TPSA) is 113 Å². The molecule has 2 aliphatic heterocycles. The number of aromatic nitrogens is 1. The van der Waals surface area contributed by atoms with Crippen molar-refractivity contribution in [2.45, 2.75) is 25.3 Å². The number of nitrogens with one attached hydrogen (secondary N) is 1. The molecule has 0 saturated carbocycles. The highest BCUT2D eigenvalue weighted by molar-refractivity contribution is 8.00. The summed E-state index contributed by atoms with van der Waals surface area (Å²) in [5, 5.41) is 15.7. The van der Waals surface area contributed by atoms with Crippen molar-refractivity contribution >= 4 is 29.5 Å². The number of carboxylic acids is 1. The number of hydrogen-bond donors (Lipinski definition) is 2. The summed E-state index contributed by atoms with van der Waals surface area (Å²) in [7, 11) is 0. The van der Waals surface area contributed by atoms with E-state index < -0.39 is 29.2 Å². The summed E-state index contributed by atoms with van der Waals surface area (Å²) in [4.78, 5) is 38.2. The standard InChI is InChI=1S/C19H17N3O5S/c1-9-8-28-18-14(17(24)22(18)15(9)19(25)26)20-16(23)12-10(2)27-21-13(12)11-6-4-3-5-7-11/h3-7,14,18H,8H2,1-2H3,(H,20,23)(H,25,26)/t14?,18-/m0/s1. The second kappa shape index (κ2) is 6.83. The molecular formula is C19H17N3O5S. The van der Waals surface area contributed by atoms with Gasteiger partial charge in [0.1, 0.15) is 34.1 Å². The van der Waals surface area contributed by atoms with E-state index in [-0.39, 0.29) is 11.3 Å². The van der Waals surface area contributed by atoms with Gasteiger partial charge < -0.3 is 14.9 Å². The van der Waals surface area contributed by atoms with Crippen LogP contribution >= 0.6 is 11.8 Å². The van der Waals surface area contributed by atoms with Crippen LogP contribution < -0.4 is 5.32 Å². The lowest BCUT2D eigenvalue weighted by Crippen LogP contribution is -2.70. The number of carbonyl (C=O) groups is 3. The van der Waals surface area contributed by atoms with Gasteiger partial charge in [-0.2, -0.15) is 0 Å². The number of thioether (sulfide) groups is 1. The van der Waals surface area contributed by atoms with E-state index in [9.17, 15) is 19.5 Å². The van der Waals surface area contributed by atoms with Crippen LogP contribution in [0, 0.1) is 6.92 Å². The van der Waals surface area contributed by atoms with Crippen LogP contribution in [0.5, 0.6) is 0 Å². The Morgan fingerprint density at radius 3 is 2.68 bits per heavy atom. The molecule has 2 aliphatic rings. The molecule has 1 unspecified atom stereocenters. The van der Waals surface area contributed by atoms with Gasteiger partial charge in [-0.15, -0.1) is 11.8 Å². The normalized spacial score (nSPS) is 21.2. The Labute approximate surface area is 164 Å². The zero-order chi connectivity index (χ0) is 20.0. The van der Waals surface area contributed by atoms with Crippen LogP contribution in [-0.2, 0) is 9.59 Å². The number of hydrogen-bond acceptors (Lipinski definition) is 6. The summed E-state index contributed by atoms with van der Waals surface area (Å²) in [6.07, 6.45) is 0. The van der Waals surface area contributed by atoms with Gasteiger partial charge >= 0.3 is 5.97 Å². The third-order valence-electron chi connectivity index (χ3n) is 4.79. The van der Waals surface area contributed by atoms with Crippen LogP contribution in [-0.4, -0.2) is 50.1 Å². The van der Waals surface area contributed by atoms with Gasteiger partial charge in [0.15, 0.2) is 0 Å². The molecule has 1 aromatic heterocycles. The number of amides is 2. The number of carbonyl (C=O) groups excluding carboxylic acids is 2. The van der Waals surface area contributed by atoms with E-state index in [0.29, 0.717) is 22.8 Å². The Hall–Kier alpha value is -3.07. The highest BCUT2D eigenvalue weighted by atomic mass is 32.2. The second-order valence-corrected chi connectivity index (χ2v) is 7.73. The molecule has 2 atom stereocenters. The molecule has 9 heteroatoms. The third kappa shape index (κ3) is 2.78. The molecule has 2 N–H and O–H groups in total. The molecule has 2 aromatic rings. The summed E-state index contributed by atoms with van der Waals surface area (Å²) in [6, 6.07) is 8.35. The van der Waals surface area contributed by atoms with Crippen LogP contribution in [0.25, 0.3) is 11.3 Å². The van der Waals surface area contributed by atoms with Gasteiger partial charge in [0, 0.05) is 11.3 Å². The minimum atomic E-state index is -1.14. The first-order valence-electron chi connectivity index (χ1n) is 8.60. The number of aryl methyl sites for hydroxylation is 1. The Balaban J connectivity index is 1.58. The van der Waals surface area contributed by atoms with Gasteiger partial charge in [-0.25, -0.2) is 4.79 Å². The van der Waals surface area contributed by atoms with Crippen LogP contribution in [0.15, 0.2) is 46.1 Å². The van der Waals surface area contributed by atoms with E-state index in [1.165, 1.54) is 16.7 Å². The predicted molar refractivity (Wildman–Crippen MR) is 101 cm³/mol. The van der Waals surface area contributed by atoms with Crippen molar-refractivity contribution in [2.24, 2.45) is 0 Å². The summed E-state index contributed by atoms with van der Waals surface area (Å²) < 4.78 is 5.20. The van der Waals surface area contributed by atoms with Crippen LogP contribution in [0.2, 0.25) is 0 Å². The van der Waals surface area contributed by atoms with Crippen molar-refractivity contribution in [1.82, 2.24) is 15.4 Å². The Bertz CT molecular complexity index is 1010. The molecule has 1 fully saturated rings. The molecule has 144 valence electrons. The molecule has 0 radical (unpaired) electrons. The van der Waals surface area contributed by atoms with E-state index in [1.807, 2.05) is 30.3 Å². The maximum Gasteiger partial charge on any atom is 0.352 e. The number of nitrogens with zero attached hydrogens (tertiary/aromatic N) is 2. The van der Waals surface area contributed by atoms with E-state index in [1.54, 1.807) is 13.8 Å². The first-order chi connectivity index (χ1) is 13.4. The minimum absolute atomic E-state index is 0.00498. The molecule has 0 aliphatic carbocycles. The number of rotatable bonds is 4. The number of fused-ring (bicyclic) bond motifs is 1. The number of benzene rings is 1. The van der Waals surface area contributed by atoms with E-state index in [0.717, 1.165) is 5.56 Å². The maximum atomic E-state index is 12.9. The predicted octanol–water partition coefficient (Wildman–Crippen LogP) is 2.02. The molecule has 28 heavy (non-hydrogen) atoms. The summed E-state index contributed by atoms with van der Waals surface area (Å²) in [5.74, 6) is -1.21. The molecule has 2 amide bonds. The average Bonchev–Trinajstić information content (AvgIpc) is 3.07. The lowest BCUT2D eigenvalue weighted by atomic mass is 10.0. The summed E-state index contributed by atoms with van der Waals surface area (Å²) in [6.45, 7) is 3.33. The SMILES string of the molecule is CC1=C(C(=O)O)N2C(=O)C(NC(=O)c3c(-c4ccccc4)noc3C)[C@@H]2SC1. The lowest BCUT2D eigenvalue weighted by molar-refractivity contribution is -0.148. The van der Waals surface area contributed by atoms with Crippen molar-refractivity contribution in [3.63, 3.8) is 0 Å². The summed E-state index contributed by atoms with van der Waals surface area (Å²) in [5.41, 5.74) is 2.03. The zero-order valence-electron chi connectivity index (χ0n) is 15.1. The first kappa shape index (κ1) is 18.3. The Morgan fingerprint density at radius 1 is 1.29 bits per heavy atom.